The van der Waals surface area contributed by atoms with Gasteiger partial charge in [0.15, 0.2) is 0 Å². The van der Waals surface area contributed by atoms with Crippen molar-refractivity contribution >= 4 is 23.0 Å². The topological polar surface area (TPSA) is 54.0 Å². The fraction of sp³-hybridized carbons (Fsp3) is 0.0526. The van der Waals surface area contributed by atoms with Crippen molar-refractivity contribution in [2.45, 2.75) is 6.18 Å². The van der Waals surface area contributed by atoms with Gasteiger partial charge in [-0.25, -0.2) is 8.78 Å². The average molecular weight is 393 g/mol. The molecule has 0 fully saturated rings. The van der Waals surface area contributed by atoms with Gasteiger partial charge in [0.1, 0.15) is 11.6 Å². The Labute approximate surface area is 156 Å². The van der Waals surface area contributed by atoms with Gasteiger partial charge in [0.25, 0.3) is 5.91 Å². The molecule has 1 heterocycles. The molecule has 4 nitrogen and oxygen atoms in total. The first kappa shape index (κ1) is 19.3. The van der Waals surface area contributed by atoms with Gasteiger partial charge in [-0.3, -0.25) is 9.78 Å². The van der Waals surface area contributed by atoms with Gasteiger partial charge in [-0.15, -0.1) is 0 Å². The van der Waals surface area contributed by atoms with E-state index in [2.05, 4.69) is 15.6 Å². The monoisotopic (exact) mass is 393 g/mol. The molecule has 3 rings (SSSR count). The number of pyridine rings is 1. The Kier molecular flexibility index (Phi) is 5.25. The van der Waals surface area contributed by atoms with Crippen molar-refractivity contribution in [3.8, 4) is 0 Å². The fourth-order valence-electron chi connectivity index (χ4n) is 2.41. The summed E-state index contributed by atoms with van der Waals surface area (Å²) in [6, 6.07) is 8.75. The number of hydrogen-bond donors (Lipinski definition) is 2. The van der Waals surface area contributed by atoms with Gasteiger partial charge in [0.05, 0.1) is 34.4 Å². The van der Waals surface area contributed by atoms with Crippen LogP contribution in [0.4, 0.5) is 39.0 Å². The van der Waals surface area contributed by atoms with Crippen LogP contribution in [0.5, 0.6) is 0 Å². The first-order valence-electron chi connectivity index (χ1n) is 7.89. The lowest BCUT2D eigenvalue weighted by molar-refractivity contribution is -0.136. The van der Waals surface area contributed by atoms with Crippen LogP contribution in [-0.2, 0) is 6.18 Å². The number of hydrogen-bond acceptors (Lipinski definition) is 3. The highest BCUT2D eigenvalue weighted by Crippen LogP contribution is 2.35. The van der Waals surface area contributed by atoms with Crippen molar-refractivity contribution < 1.29 is 26.7 Å². The molecule has 0 saturated carbocycles. The van der Waals surface area contributed by atoms with Gasteiger partial charge in [-0.2, -0.15) is 13.2 Å². The van der Waals surface area contributed by atoms with E-state index in [0.29, 0.717) is 6.07 Å². The molecule has 1 aromatic heterocycles. The molecule has 28 heavy (non-hydrogen) atoms. The third-order valence-electron chi connectivity index (χ3n) is 3.69. The van der Waals surface area contributed by atoms with E-state index >= 15 is 0 Å². The molecule has 0 saturated heterocycles. The molecule has 2 N–H and O–H groups in total. The maximum absolute atomic E-state index is 13.7. The van der Waals surface area contributed by atoms with E-state index in [1.54, 1.807) is 0 Å². The summed E-state index contributed by atoms with van der Waals surface area (Å²) in [5.41, 5.74) is -1.23. The van der Waals surface area contributed by atoms with Crippen LogP contribution in [0.25, 0.3) is 0 Å². The lowest BCUT2D eigenvalue weighted by atomic mass is 10.1. The third-order valence-corrected chi connectivity index (χ3v) is 3.69. The molecule has 0 spiro atoms. The van der Waals surface area contributed by atoms with Gasteiger partial charge in [-0.1, -0.05) is 12.1 Å². The molecule has 0 radical (unpaired) electrons. The summed E-state index contributed by atoms with van der Waals surface area (Å²) in [6.07, 6.45) is -2.16. The number of nitrogens with one attached hydrogen (secondary N) is 2. The molecule has 3 aromatic rings. The van der Waals surface area contributed by atoms with Crippen LogP contribution in [-0.4, -0.2) is 10.9 Å². The third kappa shape index (κ3) is 4.43. The second-order valence-electron chi connectivity index (χ2n) is 5.71. The standard InChI is InChI=1S/C19H12F5N3O/c20-12-5-6-17(15(21)8-12)27-18(28)11-7-13(10-25-9-11)26-16-4-2-1-3-14(16)19(22,23)24/h1-10,26H,(H,27,28). The van der Waals surface area contributed by atoms with Gasteiger partial charge in [0.2, 0.25) is 0 Å². The van der Waals surface area contributed by atoms with Crippen LogP contribution in [0.3, 0.4) is 0 Å². The summed E-state index contributed by atoms with van der Waals surface area (Å²) in [6.45, 7) is 0. The quantitative estimate of drug-likeness (QED) is 0.586. The largest absolute Gasteiger partial charge is 0.418 e. The van der Waals surface area contributed by atoms with Crippen LogP contribution in [0.1, 0.15) is 15.9 Å². The van der Waals surface area contributed by atoms with Crippen LogP contribution >= 0.6 is 0 Å². The van der Waals surface area contributed by atoms with Crippen LogP contribution in [0.15, 0.2) is 60.9 Å². The van der Waals surface area contributed by atoms with E-state index in [9.17, 15) is 26.7 Å². The summed E-state index contributed by atoms with van der Waals surface area (Å²) < 4.78 is 65.8. The summed E-state index contributed by atoms with van der Waals surface area (Å²) >= 11 is 0. The van der Waals surface area contributed by atoms with E-state index in [0.717, 1.165) is 24.4 Å². The number of anilines is 3. The number of aromatic nitrogens is 1. The second-order valence-corrected chi connectivity index (χ2v) is 5.71. The van der Waals surface area contributed by atoms with Gasteiger partial charge in [0, 0.05) is 12.3 Å². The molecular weight excluding hydrogens is 381 g/mol. The minimum absolute atomic E-state index is 0.0294. The Morgan fingerprint density at radius 3 is 2.39 bits per heavy atom. The molecule has 2 aromatic carbocycles. The van der Waals surface area contributed by atoms with Crippen LogP contribution in [0.2, 0.25) is 0 Å². The zero-order chi connectivity index (χ0) is 20.3. The van der Waals surface area contributed by atoms with Gasteiger partial charge < -0.3 is 10.6 Å². The Hall–Kier alpha value is -3.49. The number of carbonyl (C=O) groups excluding carboxylic acids is 1. The molecule has 0 aliphatic carbocycles. The van der Waals surface area contributed by atoms with Crippen molar-refractivity contribution in [3.63, 3.8) is 0 Å². The first-order valence-corrected chi connectivity index (χ1v) is 7.89. The van der Waals surface area contributed by atoms with Crippen molar-refractivity contribution in [2.24, 2.45) is 0 Å². The minimum Gasteiger partial charge on any atom is -0.354 e. The Morgan fingerprint density at radius 2 is 1.68 bits per heavy atom. The second kappa shape index (κ2) is 7.63. The molecule has 0 unspecified atom stereocenters. The highest BCUT2D eigenvalue weighted by atomic mass is 19.4. The smallest absolute Gasteiger partial charge is 0.354 e. The summed E-state index contributed by atoms with van der Waals surface area (Å²) in [5.74, 6) is -2.52. The van der Waals surface area contributed by atoms with E-state index in [4.69, 9.17) is 0 Å². The lowest BCUT2D eigenvalue weighted by Crippen LogP contribution is -2.14. The summed E-state index contributed by atoms with van der Waals surface area (Å²) in [5, 5.41) is 4.82. The van der Waals surface area contributed by atoms with E-state index in [1.807, 2.05) is 0 Å². The van der Waals surface area contributed by atoms with Crippen molar-refractivity contribution in [1.29, 1.82) is 0 Å². The maximum Gasteiger partial charge on any atom is 0.418 e. The molecular formula is C19H12F5N3O. The average Bonchev–Trinajstić information content (AvgIpc) is 2.64. The molecule has 9 heteroatoms. The first-order chi connectivity index (χ1) is 13.2. The molecule has 0 bridgehead atoms. The van der Waals surface area contributed by atoms with E-state index < -0.39 is 29.3 Å². The number of rotatable bonds is 4. The Bertz CT molecular complexity index is 1020. The van der Waals surface area contributed by atoms with Crippen molar-refractivity contribution in [2.75, 3.05) is 10.6 Å². The lowest BCUT2D eigenvalue weighted by Gasteiger charge is -2.14. The van der Waals surface area contributed by atoms with Crippen molar-refractivity contribution in [3.05, 3.63) is 83.7 Å². The number of alkyl halides is 3. The molecule has 0 atom stereocenters. The van der Waals surface area contributed by atoms with E-state index in [1.165, 1.54) is 30.5 Å². The number of carbonyl (C=O) groups is 1. The molecule has 144 valence electrons. The Morgan fingerprint density at radius 1 is 0.929 bits per heavy atom. The summed E-state index contributed by atoms with van der Waals surface area (Å²) in [7, 11) is 0. The van der Waals surface area contributed by atoms with E-state index in [-0.39, 0.29) is 22.6 Å². The maximum atomic E-state index is 13.7. The number of benzene rings is 2. The predicted molar refractivity (Wildman–Crippen MR) is 93.3 cm³/mol. The number of halogens is 5. The summed E-state index contributed by atoms with van der Waals surface area (Å²) in [4.78, 5) is 16.1. The fourth-order valence-corrected chi connectivity index (χ4v) is 2.41. The molecule has 1 amide bonds. The van der Waals surface area contributed by atoms with Gasteiger partial charge in [-0.05, 0) is 30.3 Å². The minimum atomic E-state index is -4.56. The number of amides is 1. The predicted octanol–water partition coefficient (Wildman–Crippen LogP) is 5.37. The van der Waals surface area contributed by atoms with Gasteiger partial charge >= 0.3 is 6.18 Å². The van der Waals surface area contributed by atoms with Crippen LogP contribution in [0, 0.1) is 11.6 Å². The van der Waals surface area contributed by atoms with Crippen LogP contribution < -0.4 is 10.6 Å². The highest BCUT2D eigenvalue weighted by molar-refractivity contribution is 6.04. The Balaban J connectivity index is 1.82. The SMILES string of the molecule is O=C(Nc1ccc(F)cc1F)c1cncc(Nc2ccccc2C(F)(F)F)c1. The number of para-hydroxylation sites is 1. The normalized spacial score (nSPS) is 11.2. The zero-order valence-corrected chi connectivity index (χ0v) is 14.0. The van der Waals surface area contributed by atoms with Crippen molar-refractivity contribution in [1.82, 2.24) is 4.98 Å². The molecule has 0 aliphatic rings. The number of nitrogens with zero attached hydrogens (tertiary/aromatic N) is 1. The molecule has 0 aliphatic heterocycles. The zero-order valence-electron chi connectivity index (χ0n) is 14.0. The highest BCUT2D eigenvalue weighted by Gasteiger charge is 2.33.